The van der Waals surface area contributed by atoms with Gasteiger partial charge in [0.25, 0.3) is 0 Å². The van der Waals surface area contributed by atoms with Crippen LogP contribution in [0.1, 0.15) is 11.1 Å². The summed E-state index contributed by atoms with van der Waals surface area (Å²) in [6, 6.07) is 93.7. The molecule has 12 rings (SSSR count). The zero-order chi connectivity index (χ0) is 49.1. The summed E-state index contributed by atoms with van der Waals surface area (Å²) in [5, 5.41) is 23.7. The van der Waals surface area contributed by atoms with Gasteiger partial charge in [0.15, 0.2) is 5.82 Å². The van der Waals surface area contributed by atoms with Crippen LogP contribution in [0.2, 0.25) is 0 Å². The quantitative estimate of drug-likeness (QED) is 0.128. The van der Waals surface area contributed by atoms with Gasteiger partial charge in [-0.1, -0.05) is 146 Å². The number of hydrogen-bond acceptors (Lipinski definition) is 6. The van der Waals surface area contributed by atoms with Crippen LogP contribution in [0.15, 0.2) is 261 Å². The molecule has 0 radical (unpaired) electrons. The third-order valence-corrected chi connectivity index (χ3v) is 13.2. The average molecular weight is 934 g/mol. The molecule has 0 fully saturated rings. The average Bonchev–Trinajstić information content (AvgIpc) is 3.79. The highest BCUT2D eigenvalue weighted by atomic mass is 15.1. The molecule has 7 heteroatoms. The lowest BCUT2D eigenvalue weighted by Crippen LogP contribution is -2.09. The highest BCUT2D eigenvalue weighted by Crippen LogP contribution is 2.43. The highest BCUT2D eigenvalue weighted by molar-refractivity contribution is 6.12. The standard InChI is InChI=1S/C66H43N7/c67-44-50-39-49(62-43-61(46-19-7-1-8-20-46)69-66(70-62)48-21-9-2-10-22-48)40-51(45-68)65(50)47-31-33-56(34-32-47)73-63-37-35-57(71(52-23-11-3-12-24-52)53-25-13-4-14-26-53)41-59(63)60-42-58(36-38-64(60)73)72(54-27-15-5-16-28-54)55-29-17-6-18-30-55/h1-43H. The molecule has 0 N–H and O–H groups in total. The minimum Gasteiger partial charge on any atom is -0.310 e. The molecule has 0 aliphatic rings. The number of anilines is 6. The highest BCUT2D eigenvalue weighted by Gasteiger charge is 2.22. The Morgan fingerprint density at radius 2 is 0.712 bits per heavy atom. The summed E-state index contributed by atoms with van der Waals surface area (Å²) in [5.41, 5.74) is 15.2. The molecule has 0 bridgehead atoms. The van der Waals surface area contributed by atoms with Crippen molar-refractivity contribution in [2.75, 3.05) is 9.80 Å². The first-order valence-electron chi connectivity index (χ1n) is 24.1. The van der Waals surface area contributed by atoms with E-state index in [9.17, 15) is 10.5 Å². The molecule has 0 aliphatic heterocycles. The Morgan fingerprint density at radius 3 is 1.12 bits per heavy atom. The second kappa shape index (κ2) is 19.2. The number of benzene rings is 10. The first kappa shape index (κ1) is 43.9. The van der Waals surface area contributed by atoms with Crippen LogP contribution in [0.5, 0.6) is 0 Å². The summed E-state index contributed by atoms with van der Waals surface area (Å²) in [5.74, 6) is 0.556. The van der Waals surface area contributed by atoms with Gasteiger partial charge < -0.3 is 14.4 Å². The normalized spacial score (nSPS) is 11.0. The maximum Gasteiger partial charge on any atom is 0.160 e. The molecule has 0 saturated carbocycles. The fourth-order valence-corrected chi connectivity index (χ4v) is 9.88. The second-order valence-corrected chi connectivity index (χ2v) is 17.7. The van der Waals surface area contributed by atoms with Crippen molar-refractivity contribution in [2.24, 2.45) is 0 Å². The molecule has 0 spiro atoms. The molecule has 2 heterocycles. The molecule has 0 saturated heterocycles. The van der Waals surface area contributed by atoms with E-state index < -0.39 is 0 Å². The van der Waals surface area contributed by atoms with Gasteiger partial charge in [0, 0.05) is 72.8 Å². The lowest BCUT2D eigenvalue weighted by molar-refractivity contribution is 1.18. The predicted octanol–water partition coefficient (Wildman–Crippen LogP) is 16.9. The van der Waals surface area contributed by atoms with Crippen molar-refractivity contribution < 1.29 is 0 Å². The SMILES string of the molecule is N#Cc1cc(-c2cc(-c3ccccc3)nc(-c3ccccc3)n2)cc(C#N)c1-c1ccc(-n2c3ccc(N(c4ccccc4)c4ccccc4)cc3c3cc(N(c4ccccc4)c4ccccc4)ccc32)cc1. The van der Waals surface area contributed by atoms with E-state index >= 15 is 0 Å². The van der Waals surface area contributed by atoms with Crippen molar-refractivity contribution >= 4 is 55.9 Å². The van der Waals surface area contributed by atoms with E-state index in [4.69, 9.17) is 9.97 Å². The van der Waals surface area contributed by atoms with Crippen LogP contribution in [-0.2, 0) is 0 Å². The summed E-state index contributed by atoms with van der Waals surface area (Å²) in [7, 11) is 0. The first-order chi connectivity index (χ1) is 36.1. The number of nitriles is 2. The molecular formula is C66H43N7. The first-order valence-corrected chi connectivity index (χ1v) is 24.1. The van der Waals surface area contributed by atoms with Gasteiger partial charge in [0.1, 0.15) is 0 Å². The minimum absolute atomic E-state index is 0.377. The Labute approximate surface area is 423 Å². The Balaban J connectivity index is 0.998. The van der Waals surface area contributed by atoms with Gasteiger partial charge >= 0.3 is 0 Å². The molecule has 0 unspecified atom stereocenters. The summed E-state index contributed by atoms with van der Waals surface area (Å²) in [6.45, 7) is 0. The molecule has 2 aromatic heterocycles. The van der Waals surface area contributed by atoms with E-state index in [2.05, 4.69) is 172 Å². The van der Waals surface area contributed by atoms with Crippen LogP contribution < -0.4 is 9.80 Å². The number of fused-ring (bicyclic) bond motifs is 3. The third-order valence-electron chi connectivity index (χ3n) is 13.2. The van der Waals surface area contributed by atoms with Crippen LogP contribution in [0, 0.1) is 22.7 Å². The number of para-hydroxylation sites is 4. The van der Waals surface area contributed by atoms with Crippen LogP contribution in [-0.4, -0.2) is 14.5 Å². The summed E-state index contributed by atoms with van der Waals surface area (Å²) in [4.78, 5) is 14.5. The van der Waals surface area contributed by atoms with E-state index in [-0.39, 0.29) is 0 Å². The summed E-state index contributed by atoms with van der Waals surface area (Å²) >= 11 is 0. The van der Waals surface area contributed by atoms with Crippen molar-refractivity contribution in [1.82, 2.24) is 14.5 Å². The van der Waals surface area contributed by atoms with Gasteiger partial charge in [0.05, 0.1) is 45.7 Å². The summed E-state index contributed by atoms with van der Waals surface area (Å²) < 4.78 is 2.30. The van der Waals surface area contributed by atoms with Gasteiger partial charge in [-0.05, 0) is 121 Å². The van der Waals surface area contributed by atoms with Crippen LogP contribution in [0.25, 0.3) is 72.5 Å². The van der Waals surface area contributed by atoms with E-state index in [0.29, 0.717) is 33.8 Å². The second-order valence-electron chi connectivity index (χ2n) is 17.7. The van der Waals surface area contributed by atoms with Crippen molar-refractivity contribution in [3.05, 3.63) is 272 Å². The summed E-state index contributed by atoms with van der Waals surface area (Å²) in [6.07, 6.45) is 0. The Hall–Kier alpha value is -10.3. The van der Waals surface area contributed by atoms with Gasteiger partial charge in [-0.15, -0.1) is 0 Å². The van der Waals surface area contributed by atoms with Crippen molar-refractivity contribution in [1.29, 1.82) is 10.5 Å². The smallest absolute Gasteiger partial charge is 0.160 e. The van der Waals surface area contributed by atoms with E-state index in [0.717, 1.165) is 84.0 Å². The van der Waals surface area contributed by atoms with E-state index in [1.165, 1.54) is 0 Å². The lowest BCUT2D eigenvalue weighted by Gasteiger charge is -2.26. The maximum absolute atomic E-state index is 10.8. The number of rotatable bonds is 11. The Bertz CT molecular complexity index is 3700. The van der Waals surface area contributed by atoms with Gasteiger partial charge in [-0.25, -0.2) is 9.97 Å². The largest absolute Gasteiger partial charge is 0.310 e. The number of hydrogen-bond donors (Lipinski definition) is 0. The molecule has 7 nitrogen and oxygen atoms in total. The van der Waals surface area contributed by atoms with Gasteiger partial charge in [-0.3, -0.25) is 0 Å². The molecular weight excluding hydrogens is 891 g/mol. The van der Waals surface area contributed by atoms with E-state index in [1.807, 2.05) is 115 Å². The van der Waals surface area contributed by atoms with Crippen molar-refractivity contribution in [3.8, 4) is 62.9 Å². The third kappa shape index (κ3) is 8.40. The molecule has 10 aromatic carbocycles. The fourth-order valence-electron chi connectivity index (χ4n) is 9.88. The molecule has 0 aliphatic carbocycles. The Morgan fingerprint density at radius 1 is 0.329 bits per heavy atom. The molecule has 342 valence electrons. The lowest BCUT2D eigenvalue weighted by atomic mass is 9.92. The molecule has 12 aromatic rings. The Kier molecular flexibility index (Phi) is 11.6. The van der Waals surface area contributed by atoms with Crippen molar-refractivity contribution in [3.63, 3.8) is 0 Å². The van der Waals surface area contributed by atoms with Gasteiger partial charge in [-0.2, -0.15) is 10.5 Å². The predicted molar refractivity (Wildman–Crippen MR) is 297 cm³/mol. The van der Waals surface area contributed by atoms with E-state index in [1.54, 1.807) is 0 Å². The molecule has 0 atom stereocenters. The topological polar surface area (TPSA) is 84.8 Å². The fraction of sp³-hybridized carbons (Fsp3) is 0. The zero-order valence-electron chi connectivity index (χ0n) is 39.5. The maximum atomic E-state index is 10.8. The zero-order valence-corrected chi connectivity index (χ0v) is 39.5. The van der Waals surface area contributed by atoms with Gasteiger partial charge in [0.2, 0.25) is 0 Å². The van der Waals surface area contributed by atoms with Crippen LogP contribution >= 0.6 is 0 Å². The monoisotopic (exact) mass is 933 g/mol. The van der Waals surface area contributed by atoms with Crippen LogP contribution in [0.3, 0.4) is 0 Å². The van der Waals surface area contributed by atoms with Crippen LogP contribution in [0.4, 0.5) is 34.1 Å². The molecule has 0 amide bonds. The molecule has 73 heavy (non-hydrogen) atoms. The number of aromatic nitrogens is 3. The van der Waals surface area contributed by atoms with Crippen molar-refractivity contribution in [2.45, 2.75) is 0 Å². The minimum atomic E-state index is 0.377. The number of nitrogens with zero attached hydrogens (tertiary/aromatic N) is 7.